The van der Waals surface area contributed by atoms with Crippen LogP contribution in [0, 0.1) is 6.92 Å². The molecule has 0 radical (unpaired) electrons. The molecule has 0 atom stereocenters. The van der Waals surface area contributed by atoms with E-state index in [1.54, 1.807) is 26.1 Å². The summed E-state index contributed by atoms with van der Waals surface area (Å²) in [6, 6.07) is 9.16. The van der Waals surface area contributed by atoms with Crippen molar-refractivity contribution in [2.24, 2.45) is 0 Å². The molecule has 126 valence electrons. The van der Waals surface area contributed by atoms with E-state index in [1.807, 2.05) is 18.2 Å². The Balaban J connectivity index is 1.82. The second kappa shape index (κ2) is 6.81. The summed E-state index contributed by atoms with van der Waals surface area (Å²) in [5.41, 5.74) is 1.16. The SMILES string of the molecule is Cc1cc(C2CCC2)oc(=O)c1C(=O)N(C)Cc1cccc(Cl)c1. The van der Waals surface area contributed by atoms with E-state index in [-0.39, 0.29) is 11.5 Å². The quantitative estimate of drug-likeness (QED) is 0.836. The number of amides is 1. The van der Waals surface area contributed by atoms with Gasteiger partial charge in [-0.1, -0.05) is 30.2 Å². The van der Waals surface area contributed by atoms with Crippen molar-refractivity contribution in [1.82, 2.24) is 4.90 Å². The van der Waals surface area contributed by atoms with Gasteiger partial charge in [0.15, 0.2) is 0 Å². The fourth-order valence-electron chi connectivity index (χ4n) is 2.96. The predicted octanol–water partition coefficient (Wildman–Crippen LogP) is 4.14. The molecule has 1 saturated carbocycles. The summed E-state index contributed by atoms with van der Waals surface area (Å²) in [4.78, 5) is 26.5. The number of carbonyl (C=O) groups is 1. The lowest BCUT2D eigenvalue weighted by Crippen LogP contribution is -2.31. The van der Waals surface area contributed by atoms with Gasteiger partial charge in [0.05, 0.1) is 0 Å². The number of nitrogens with zero attached hydrogens (tertiary/aromatic N) is 1. The van der Waals surface area contributed by atoms with E-state index in [4.69, 9.17) is 16.0 Å². The van der Waals surface area contributed by atoms with Crippen LogP contribution in [0.15, 0.2) is 39.5 Å². The lowest BCUT2D eigenvalue weighted by molar-refractivity contribution is 0.0779. The van der Waals surface area contributed by atoms with Crippen molar-refractivity contribution in [3.8, 4) is 0 Å². The van der Waals surface area contributed by atoms with Crippen LogP contribution in [0.2, 0.25) is 5.02 Å². The summed E-state index contributed by atoms with van der Waals surface area (Å²) < 4.78 is 5.41. The molecule has 1 aromatic heterocycles. The van der Waals surface area contributed by atoms with Gasteiger partial charge in [-0.2, -0.15) is 0 Å². The highest BCUT2D eigenvalue weighted by atomic mass is 35.5. The second-order valence-electron chi connectivity index (χ2n) is 6.41. The zero-order valence-corrected chi connectivity index (χ0v) is 14.6. The molecule has 5 heteroatoms. The minimum Gasteiger partial charge on any atom is -0.427 e. The number of rotatable bonds is 4. The summed E-state index contributed by atoms with van der Waals surface area (Å²) in [5, 5.41) is 0.619. The van der Waals surface area contributed by atoms with Gasteiger partial charge in [0, 0.05) is 24.5 Å². The topological polar surface area (TPSA) is 50.5 Å². The maximum atomic E-state index is 12.7. The molecule has 2 aromatic rings. The Morgan fingerprint density at radius 2 is 2.08 bits per heavy atom. The number of hydrogen-bond acceptors (Lipinski definition) is 3. The molecule has 24 heavy (non-hydrogen) atoms. The first kappa shape index (κ1) is 16.8. The Morgan fingerprint density at radius 3 is 2.67 bits per heavy atom. The summed E-state index contributed by atoms with van der Waals surface area (Å²) >= 11 is 5.97. The molecule has 0 unspecified atom stereocenters. The molecule has 1 aliphatic carbocycles. The van der Waals surface area contributed by atoms with Crippen molar-refractivity contribution in [1.29, 1.82) is 0 Å². The van der Waals surface area contributed by atoms with Crippen LogP contribution >= 0.6 is 11.6 Å². The highest BCUT2D eigenvalue weighted by Crippen LogP contribution is 2.36. The average molecular weight is 346 g/mol. The highest BCUT2D eigenvalue weighted by molar-refractivity contribution is 6.30. The number of carbonyl (C=O) groups excluding carboxylic acids is 1. The van der Waals surface area contributed by atoms with Crippen molar-refractivity contribution in [3.05, 3.63) is 68.2 Å². The lowest BCUT2D eigenvalue weighted by Gasteiger charge is -2.24. The van der Waals surface area contributed by atoms with Crippen molar-refractivity contribution in [2.75, 3.05) is 7.05 Å². The van der Waals surface area contributed by atoms with Crippen molar-refractivity contribution in [3.63, 3.8) is 0 Å². The van der Waals surface area contributed by atoms with E-state index < -0.39 is 5.63 Å². The third-order valence-electron chi connectivity index (χ3n) is 4.54. The molecule has 4 nitrogen and oxygen atoms in total. The third-order valence-corrected chi connectivity index (χ3v) is 4.78. The zero-order chi connectivity index (χ0) is 17.3. The van der Waals surface area contributed by atoms with Gasteiger partial charge in [0.25, 0.3) is 5.91 Å². The number of benzene rings is 1. The summed E-state index contributed by atoms with van der Waals surface area (Å²) in [5.74, 6) is 0.698. The van der Waals surface area contributed by atoms with Crippen LogP contribution in [0.3, 0.4) is 0 Å². The molecule has 0 aliphatic heterocycles. The third kappa shape index (κ3) is 3.39. The van der Waals surface area contributed by atoms with Crippen LogP contribution in [0.5, 0.6) is 0 Å². The molecule has 0 N–H and O–H groups in total. The minimum absolute atomic E-state index is 0.114. The molecule has 0 saturated heterocycles. The van der Waals surface area contributed by atoms with E-state index in [9.17, 15) is 9.59 Å². The number of hydrogen-bond donors (Lipinski definition) is 0. The Labute approximate surface area is 146 Å². The van der Waals surface area contributed by atoms with E-state index >= 15 is 0 Å². The van der Waals surface area contributed by atoms with Gasteiger partial charge in [0.1, 0.15) is 11.3 Å². The van der Waals surface area contributed by atoms with Crippen LogP contribution in [0.1, 0.15) is 52.4 Å². The maximum Gasteiger partial charge on any atom is 0.349 e. The second-order valence-corrected chi connectivity index (χ2v) is 6.85. The smallest absolute Gasteiger partial charge is 0.349 e. The van der Waals surface area contributed by atoms with Gasteiger partial charge in [-0.25, -0.2) is 4.79 Å². The zero-order valence-electron chi connectivity index (χ0n) is 13.8. The molecule has 0 bridgehead atoms. The van der Waals surface area contributed by atoms with Crippen LogP contribution in [-0.4, -0.2) is 17.9 Å². The van der Waals surface area contributed by atoms with Gasteiger partial charge < -0.3 is 9.32 Å². The molecular formula is C19H20ClNO3. The van der Waals surface area contributed by atoms with Crippen molar-refractivity contribution in [2.45, 2.75) is 38.6 Å². The number of halogens is 1. The molecule has 0 spiro atoms. The first-order valence-corrected chi connectivity index (χ1v) is 8.48. The lowest BCUT2D eigenvalue weighted by atomic mass is 9.83. The predicted molar refractivity (Wildman–Crippen MR) is 93.6 cm³/mol. The Kier molecular flexibility index (Phi) is 4.76. The molecule has 1 amide bonds. The fraction of sp³-hybridized carbons (Fsp3) is 0.368. The van der Waals surface area contributed by atoms with E-state index in [1.165, 1.54) is 4.90 Å². The average Bonchev–Trinajstić information content (AvgIpc) is 2.44. The van der Waals surface area contributed by atoms with E-state index in [2.05, 4.69) is 0 Å². The normalized spacial score (nSPS) is 14.3. The Bertz CT molecular complexity index is 824. The summed E-state index contributed by atoms with van der Waals surface area (Å²) in [6.45, 7) is 2.17. The van der Waals surface area contributed by atoms with Gasteiger partial charge in [-0.3, -0.25) is 4.79 Å². The maximum absolute atomic E-state index is 12.7. The largest absolute Gasteiger partial charge is 0.427 e. The first-order chi connectivity index (χ1) is 11.5. The Morgan fingerprint density at radius 1 is 1.33 bits per heavy atom. The van der Waals surface area contributed by atoms with E-state index in [0.29, 0.717) is 28.8 Å². The van der Waals surface area contributed by atoms with Crippen molar-refractivity contribution >= 4 is 17.5 Å². The van der Waals surface area contributed by atoms with Crippen molar-refractivity contribution < 1.29 is 9.21 Å². The van der Waals surface area contributed by atoms with Crippen LogP contribution in [0.25, 0.3) is 0 Å². The first-order valence-electron chi connectivity index (χ1n) is 8.10. The highest BCUT2D eigenvalue weighted by Gasteiger charge is 2.26. The van der Waals surface area contributed by atoms with Crippen LogP contribution in [0.4, 0.5) is 0 Å². The fourth-order valence-corrected chi connectivity index (χ4v) is 3.17. The van der Waals surface area contributed by atoms with Gasteiger partial charge in [-0.05, 0) is 49.1 Å². The Hall–Kier alpha value is -2.07. The number of aryl methyl sites for hydroxylation is 1. The standard InChI is InChI=1S/C19H20ClNO3/c1-12-9-16(14-6-4-7-14)24-19(23)17(12)18(22)21(2)11-13-5-3-8-15(20)10-13/h3,5,8-10,14H,4,6-7,11H2,1-2H3. The molecule has 3 rings (SSSR count). The van der Waals surface area contributed by atoms with Gasteiger partial charge >= 0.3 is 5.63 Å². The molecule has 1 aromatic carbocycles. The van der Waals surface area contributed by atoms with E-state index in [0.717, 1.165) is 24.8 Å². The van der Waals surface area contributed by atoms with Crippen LogP contribution in [-0.2, 0) is 6.54 Å². The van der Waals surface area contributed by atoms with Gasteiger partial charge in [-0.15, -0.1) is 0 Å². The summed E-state index contributed by atoms with van der Waals surface area (Å²) in [6.07, 6.45) is 3.26. The monoisotopic (exact) mass is 345 g/mol. The molecule has 1 fully saturated rings. The minimum atomic E-state index is -0.542. The van der Waals surface area contributed by atoms with Gasteiger partial charge in [0.2, 0.25) is 0 Å². The summed E-state index contributed by atoms with van der Waals surface area (Å²) in [7, 11) is 1.67. The molecule has 1 aliphatic rings. The molecular weight excluding hydrogens is 326 g/mol. The van der Waals surface area contributed by atoms with Crippen LogP contribution < -0.4 is 5.63 Å². The molecule has 1 heterocycles.